The average molecular weight is 283 g/mol. The molecule has 0 atom stereocenters. The standard InChI is InChI=1S/C17H21N3O/c1-2-18-17(21)14-6-8-15-13(12-14)7-9-16(19-15)20-10-4-3-5-11-20/h6-9,12H,2-5,10-11H2,1H3,(H,18,21). The number of carbonyl (C=O) groups excluding carboxylic acids is 1. The minimum absolute atomic E-state index is 0.0282. The van der Waals surface area contributed by atoms with Crippen LogP contribution in [-0.4, -0.2) is 30.5 Å². The number of carbonyl (C=O) groups is 1. The fraction of sp³-hybridized carbons (Fsp3) is 0.412. The van der Waals surface area contributed by atoms with Gasteiger partial charge >= 0.3 is 0 Å². The molecule has 2 heterocycles. The molecule has 1 aromatic carbocycles. The Bertz CT molecular complexity index is 648. The lowest BCUT2D eigenvalue weighted by Gasteiger charge is -2.27. The minimum Gasteiger partial charge on any atom is -0.357 e. The predicted molar refractivity (Wildman–Crippen MR) is 85.8 cm³/mol. The Hall–Kier alpha value is -2.10. The highest BCUT2D eigenvalue weighted by Crippen LogP contribution is 2.22. The number of nitrogens with one attached hydrogen (secondary N) is 1. The van der Waals surface area contributed by atoms with E-state index in [0.717, 1.165) is 29.8 Å². The van der Waals surface area contributed by atoms with Crippen LogP contribution in [0.4, 0.5) is 5.82 Å². The fourth-order valence-corrected chi connectivity index (χ4v) is 2.82. The van der Waals surface area contributed by atoms with Gasteiger partial charge in [0.05, 0.1) is 5.52 Å². The monoisotopic (exact) mass is 283 g/mol. The van der Waals surface area contributed by atoms with Crippen molar-refractivity contribution < 1.29 is 4.79 Å². The maximum atomic E-state index is 11.9. The van der Waals surface area contributed by atoms with E-state index in [1.54, 1.807) is 0 Å². The fourth-order valence-electron chi connectivity index (χ4n) is 2.82. The van der Waals surface area contributed by atoms with Gasteiger partial charge in [-0.05, 0) is 56.5 Å². The van der Waals surface area contributed by atoms with E-state index in [9.17, 15) is 4.79 Å². The van der Waals surface area contributed by atoms with Crippen LogP contribution in [-0.2, 0) is 0 Å². The van der Waals surface area contributed by atoms with Crippen LogP contribution in [0.2, 0.25) is 0 Å². The van der Waals surface area contributed by atoms with E-state index in [1.165, 1.54) is 19.3 Å². The number of fused-ring (bicyclic) bond motifs is 1. The Balaban J connectivity index is 1.88. The van der Waals surface area contributed by atoms with Crippen molar-refractivity contribution in [3.63, 3.8) is 0 Å². The van der Waals surface area contributed by atoms with E-state index in [2.05, 4.69) is 22.3 Å². The number of hydrogen-bond donors (Lipinski definition) is 1. The SMILES string of the molecule is CCNC(=O)c1ccc2nc(N3CCCCC3)ccc2c1. The van der Waals surface area contributed by atoms with Crippen molar-refractivity contribution in [2.45, 2.75) is 26.2 Å². The molecule has 1 amide bonds. The van der Waals surface area contributed by atoms with Crippen LogP contribution in [0, 0.1) is 0 Å². The Morgan fingerprint density at radius 1 is 1.19 bits per heavy atom. The third-order valence-corrected chi connectivity index (χ3v) is 3.95. The Morgan fingerprint density at radius 3 is 2.76 bits per heavy atom. The van der Waals surface area contributed by atoms with Gasteiger partial charge < -0.3 is 10.2 Å². The molecule has 3 rings (SSSR count). The number of aromatic nitrogens is 1. The van der Waals surface area contributed by atoms with E-state index in [4.69, 9.17) is 4.98 Å². The minimum atomic E-state index is -0.0282. The molecule has 1 saturated heterocycles. The average Bonchev–Trinajstić information content (AvgIpc) is 2.55. The first-order chi connectivity index (χ1) is 10.3. The molecule has 1 aliphatic rings. The molecule has 4 nitrogen and oxygen atoms in total. The van der Waals surface area contributed by atoms with E-state index in [-0.39, 0.29) is 5.91 Å². The number of rotatable bonds is 3. The van der Waals surface area contributed by atoms with Gasteiger partial charge in [0.1, 0.15) is 5.82 Å². The summed E-state index contributed by atoms with van der Waals surface area (Å²) < 4.78 is 0. The summed E-state index contributed by atoms with van der Waals surface area (Å²) in [6, 6.07) is 9.82. The molecule has 1 fully saturated rings. The van der Waals surface area contributed by atoms with Gasteiger partial charge in [-0.1, -0.05) is 0 Å². The molecular formula is C17H21N3O. The Morgan fingerprint density at radius 2 is 2.00 bits per heavy atom. The van der Waals surface area contributed by atoms with Crippen molar-refractivity contribution in [1.29, 1.82) is 0 Å². The highest BCUT2D eigenvalue weighted by atomic mass is 16.1. The van der Waals surface area contributed by atoms with Crippen LogP contribution in [0.3, 0.4) is 0 Å². The number of piperidine rings is 1. The number of nitrogens with zero attached hydrogens (tertiary/aromatic N) is 2. The number of benzene rings is 1. The Kier molecular flexibility index (Phi) is 4.04. The lowest BCUT2D eigenvalue weighted by Crippen LogP contribution is -2.30. The largest absolute Gasteiger partial charge is 0.357 e. The van der Waals surface area contributed by atoms with Crippen LogP contribution < -0.4 is 10.2 Å². The molecule has 0 radical (unpaired) electrons. The second kappa shape index (κ2) is 6.12. The van der Waals surface area contributed by atoms with E-state index < -0.39 is 0 Å². The summed E-state index contributed by atoms with van der Waals surface area (Å²) in [6.07, 6.45) is 3.81. The zero-order valence-electron chi connectivity index (χ0n) is 12.4. The van der Waals surface area contributed by atoms with Gasteiger partial charge in [0, 0.05) is 30.6 Å². The van der Waals surface area contributed by atoms with Gasteiger partial charge in [-0.15, -0.1) is 0 Å². The van der Waals surface area contributed by atoms with E-state index in [0.29, 0.717) is 12.1 Å². The molecule has 0 unspecified atom stereocenters. The van der Waals surface area contributed by atoms with E-state index in [1.807, 2.05) is 25.1 Å². The molecular weight excluding hydrogens is 262 g/mol. The highest BCUT2D eigenvalue weighted by Gasteiger charge is 2.13. The van der Waals surface area contributed by atoms with Crippen molar-refractivity contribution in [2.75, 3.05) is 24.5 Å². The van der Waals surface area contributed by atoms with Gasteiger partial charge in [0.25, 0.3) is 5.91 Å². The number of hydrogen-bond acceptors (Lipinski definition) is 3. The summed E-state index contributed by atoms with van der Waals surface area (Å²) >= 11 is 0. The first-order valence-electron chi connectivity index (χ1n) is 7.72. The van der Waals surface area contributed by atoms with Gasteiger partial charge in [0.2, 0.25) is 0 Å². The second-order valence-electron chi connectivity index (χ2n) is 5.48. The van der Waals surface area contributed by atoms with Crippen molar-refractivity contribution in [1.82, 2.24) is 10.3 Å². The molecule has 1 aromatic heterocycles. The van der Waals surface area contributed by atoms with Crippen LogP contribution in [0.5, 0.6) is 0 Å². The number of pyridine rings is 1. The molecule has 2 aromatic rings. The van der Waals surface area contributed by atoms with Gasteiger partial charge in [-0.25, -0.2) is 4.98 Å². The Labute approximate surface area is 125 Å². The van der Waals surface area contributed by atoms with Crippen LogP contribution >= 0.6 is 0 Å². The third-order valence-electron chi connectivity index (χ3n) is 3.95. The highest BCUT2D eigenvalue weighted by molar-refractivity contribution is 5.98. The van der Waals surface area contributed by atoms with Crippen molar-refractivity contribution >= 4 is 22.6 Å². The first-order valence-corrected chi connectivity index (χ1v) is 7.72. The third kappa shape index (κ3) is 2.99. The second-order valence-corrected chi connectivity index (χ2v) is 5.48. The van der Waals surface area contributed by atoms with Crippen molar-refractivity contribution in [3.05, 3.63) is 35.9 Å². The quantitative estimate of drug-likeness (QED) is 0.942. The van der Waals surface area contributed by atoms with Gasteiger partial charge in [-0.3, -0.25) is 4.79 Å². The number of anilines is 1. The van der Waals surface area contributed by atoms with Crippen LogP contribution in [0.1, 0.15) is 36.5 Å². The molecule has 4 heteroatoms. The predicted octanol–water partition coefficient (Wildman–Crippen LogP) is 2.97. The molecule has 0 saturated carbocycles. The summed E-state index contributed by atoms with van der Waals surface area (Å²) in [7, 11) is 0. The van der Waals surface area contributed by atoms with Crippen molar-refractivity contribution in [2.24, 2.45) is 0 Å². The first kappa shape index (κ1) is 13.9. The lowest BCUT2D eigenvalue weighted by molar-refractivity contribution is 0.0956. The van der Waals surface area contributed by atoms with Gasteiger partial charge in [0.15, 0.2) is 0 Å². The maximum absolute atomic E-state index is 11.9. The molecule has 21 heavy (non-hydrogen) atoms. The molecule has 0 spiro atoms. The lowest BCUT2D eigenvalue weighted by atomic mass is 10.1. The van der Waals surface area contributed by atoms with Gasteiger partial charge in [-0.2, -0.15) is 0 Å². The summed E-state index contributed by atoms with van der Waals surface area (Å²) in [5.41, 5.74) is 1.64. The summed E-state index contributed by atoms with van der Waals surface area (Å²) in [5, 5.41) is 3.84. The molecule has 110 valence electrons. The maximum Gasteiger partial charge on any atom is 0.251 e. The topological polar surface area (TPSA) is 45.2 Å². The zero-order valence-corrected chi connectivity index (χ0v) is 12.4. The van der Waals surface area contributed by atoms with Crippen LogP contribution in [0.15, 0.2) is 30.3 Å². The van der Waals surface area contributed by atoms with Crippen LogP contribution in [0.25, 0.3) is 10.9 Å². The molecule has 0 bridgehead atoms. The van der Waals surface area contributed by atoms with Crippen molar-refractivity contribution in [3.8, 4) is 0 Å². The summed E-state index contributed by atoms with van der Waals surface area (Å²) in [4.78, 5) is 19.0. The summed E-state index contributed by atoms with van der Waals surface area (Å²) in [5.74, 6) is 1.02. The van der Waals surface area contributed by atoms with E-state index >= 15 is 0 Å². The summed E-state index contributed by atoms with van der Waals surface area (Å²) in [6.45, 7) is 4.75. The normalized spacial score (nSPS) is 15.2. The molecule has 1 N–H and O–H groups in total. The molecule has 0 aliphatic carbocycles. The number of amides is 1. The zero-order chi connectivity index (χ0) is 14.7. The molecule has 1 aliphatic heterocycles. The smallest absolute Gasteiger partial charge is 0.251 e.